The van der Waals surface area contributed by atoms with Crippen LogP contribution < -0.4 is 15.0 Å². The molecule has 1 aliphatic rings. The van der Waals surface area contributed by atoms with Gasteiger partial charge in [0, 0.05) is 43.5 Å². The summed E-state index contributed by atoms with van der Waals surface area (Å²) in [4.78, 5) is 19.8. The molecule has 2 aromatic rings. The molecule has 1 N–H and O–H groups in total. The Labute approximate surface area is 173 Å². The Morgan fingerprint density at radius 2 is 2.03 bits per heavy atom. The lowest BCUT2D eigenvalue weighted by Crippen LogP contribution is -2.33. The first-order chi connectivity index (χ1) is 13.8. The molecule has 0 spiro atoms. The van der Waals surface area contributed by atoms with Crippen molar-refractivity contribution in [1.29, 1.82) is 0 Å². The van der Waals surface area contributed by atoms with Gasteiger partial charge in [-0.05, 0) is 25.8 Å². The van der Waals surface area contributed by atoms with E-state index in [1.807, 2.05) is 50.2 Å². The van der Waals surface area contributed by atoms with Gasteiger partial charge in [0.15, 0.2) is 0 Å². The van der Waals surface area contributed by atoms with Crippen LogP contribution in [0.15, 0.2) is 36.0 Å². The summed E-state index contributed by atoms with van der Waals surface area (Å²) in [6.45, 7) is 9.04. The van der Waals surface area contributed by atoms with Gasteiger partial charge in [0.1, 0.15) is 5.75 Å². The summed E-state index contributed by atoms with van der Waals surface area (Å²) in [5, 5.41) is 3.20. The minimum absolute atomic E-state index is 0.0693. The molecule has 154 valence electrons. The lowest BCUT2D eigenvalue weighted by Gasteiger charge is -2.28. The number of aryl methyl sites for hydroxylation is 1. The van der Waals surface area contributed by atoms with Crippen molar-refractivity contribution >= 4 is 17.7 Å². The van der Waals surface area contributed by atoms with Crippen molar-refractivity contribution < 1.29 is 9.53 Å². The number of carbonyl (C=O) groups excluding carboxylic acids is 1. The molecule has 5 nitrogen and oxygen atoms in total. The molecule has 1 aromatic heterocycles. The molecule has 0 bridgehead atoms. The van der Waals surface area contributed by atoms with Gasteiger partial charge in [0.2, 0.25) is 0 Å². The van der Waals surface area contributed by atoms with E-state index in [9.17, 15) is 4.79 Å². The zero-order chi connectivity index (χ0) is 21.1. The molecule has 1 amide bonds. The minimum atomic E-state index is -0.111. The van der Waals surface area contributed by atoms with Gasteiger partial charge in [-0.2, -0.15) is 0 Å². The summed E-state index contributed by atoms with van der Waals surface area (Å²) in [7, 11) is 3.94. The zero-order valence-corrected chi connectivity index (χ0v) is 18.2. The molecule has 0 saturated heterocycles. The van der Waals surface area contributed by atoms with Crippen LogP contribution in [0.4, 0.5) is 5.69 Å². The predicted octanol–water partition coefficient (Wildman–Crippen LogP) is 4.77. The van der Waals surface area contributed by atoms with Crippen LogP contribution in [-0.2, 0) is 0 Å². The van der Waals surface area contributed by atoms with Crippen molar-refractivity contribution in [3.8, 4) is 5.75 Å². The highest BCUT2D eigenvalue weighted by Crippen LogP contribution is 2.33. The molecule has 29 heavy (non-hydrogen) atoms. The van der Waals surface area contributed by atoms with Crippen molar-refractivity contribution in [2.75, 3.05) is 25.6 Å². The summed E-state index contributed by atoms with van der Waals surface area (Å²) >= 11 is 0. The molecule has 0 aliphatic carbocycles. The van der Waals surface area contributed by atoms with Crippen molar-refractivity contribution in [2.24, 2.45) is 5.92 Å². The van der Waals surface area contributed by atoms with Gasteiger partial charge in [-0.25, -0.2) is 0 Å². The van der Waals surface area contributed by atoms with E-state index in [-0.39, 0.29) is 11.9 Å². The molecular formula is C24H31N3O2. The number of benzene rings is 1. The Balaban J connectivity index is 1.99. The highest BCUT2D eigenvalue weighted by atomic mass is 16.5. The van der Waals surface area contributed by atoms with E-state index < -0.39 is 0 Å². The van der Waals surface area contributed by atoms with Crippen LogP contribution in [0, 0.1) is 12.8 Å². The van der Waals surface area contributed by atoms with Crippen molar-refractivity contribution in [3.63, 3.8) is 0 Å². The number of nitrogens with zero attached hydrogens (tertiary/aromatic N) is 2. The van der Waals surface area contributed by atoms with E-state index in [1.54, 1.807) is 6.20 Å². The average molecular weight is 394 g/mol. The predicted molar refractivity (Wildman–Crippen MR) is 119 cm³/mol. The van der Waals surface area contributed by atoms with E-state index in [1.165, 1.54) is 5.57 Å². The fraction of sp³-hybridized carbons (Fsp3) is 0.417. The van der Waals surface area contributed by atoms with Gasteiger partial charge < -0.3 is 15.0 Å². The number of carbonyl (C=O) groups is 1. The highest BCUT2D eigenvalue weighted by molar-refractivity contribution is 6.01. The van der Waals surface area contributed by atoms with E-state index in [2.05, 4.69) is 37.1 Å². The SMILES string of the molecule is C/C(=C/c1c(C)ncc(C(=O)NC2CCOc3ccccc32)c1N(C)C)C(C)C. The van der Waals surface area contributed by atoms with Gasteiger partial charge in [0.25, 0.3) is 5.91 Å². The molecule has 0 fully saturated rings. The van der Waals surface area contributed by atoms with Crippen LogP contribution in [0.3, 0.4) is 0 Å². The first kappa shape index (κ1) is 20.9. The van der Waals surface area contributed by atoms with Crippen LogP contribution in [0.5, 0.6) is 5.75 Å². The molecule has 2 heterocycles. The van der Waals surface area contributed by atoms with E-state index in [4.69, 9.17) is 4.74 Å². The maximum Gasteiger partial charge on any atom is 0.255 e. The van der Waals surface area contributed by atoms with Crippen LogP contribution in [0.25, 0.3) is 6.08 Å². The van der Waals surface area contributed by atoms with Crippen LogP contribution >= 0.6 is 0 Å². The first-order valence-corrected chi connectivity index (χ1v) is 10.2. The Morgan fingerprint density at radius 3 is 2.72 bits per heavy atom. The number of anilines is 1. The van der Waals surface area contributed by atoms with Crippen molar-refractivity contribution in [1.82, 2.24) is 10.3 Å². The number of nitrogens with one attached hydrogen (secondary N) is 1. The van der Waals surface area contributed by atoms with Crippen LogP contribution in [0.2, 0.25) is 0 Å². The number of fused-ring (bicyclic) bond motifs is 1. The van der Waals surface area contributed by atoms with Crippen LogP contribution in [0.1, 0.15) is 60.4 Å². The average Bonchev–Trinajstić information content (AvgIpc) is 2.69. The van der Waals surface area contributed by atoms with Crippen molar-refractivity contribution in [3.05, 3.63) is 58.4 Å². The van der Waals surface area contributed by atoms with E-state index >= 15 is 0 Å². The molecule has 1 unspecified atom stereocenters. The highest BCUT2D eigenvalue weighted by Gasteiger charge is 2.25. The molecular weight excluding hydrogens is 362 g/mol. The summed E-state index contributed by atoms with van der Waals surface area (Å²) < 4.78 is 5.72. The third-order valence-electron chi connectivity index (χ3n) is 5.53. The van der Waals surface area contributed by atoms with Gasteiger partial charge in [-0.3, -0.25) is 9.78 Å². The second-order valence-corrected chi connectivity index (χ2v) is 8.16. The second kappa shape index (κ2) is 8.68. The fourth-order valence-corrected chi connectivity index (χ4v) is 3.55. The lowest BCUT2D eigenvalue weighted by atomic mass is 9.97. The van der Waals surface area contributed by atoms with Crippen LogP contribution in [-0.4, -0.2) is 31.6 Å². The van der Waals surface area contributed by atoms with Gasteiger partial charge in [-0.1, -0.05) is 43.7 Å². The number of hydrogen-bond donors (Lipinski definition) is 1. The Morgan fingerprint density at radius 1 is 1.31 bits per heavy atom. The number of aromatic nitrogens is 1. The topological polar surface area (TPSA) is 54.5 Å². The molecule has 0 saturated carbocycles. The Kier molecular flexibility index (Phi) is 6.26. The normalized spacial score (nSPS) is 16.2. The van der Waals surface area contributed by atoms with E-state index in [0.717, 1.165) is 34.7 Å². The summed E-state index contributed by atoms with van der Waals surface area (Å²) in [6.07, 6.45) is 4.59. The summed E-state index contributed by atoms with van der Waals surface area (Å²) in [6, 6.07) is 7.82. The number of para-hydroxylation sites is 1. The maximum atomic E-state index is 13.3. The molecule has 1 aliphatic heterocycles. The lowest BCUT2D eigenvalue weighted by molar-refractivity contribution is 0.0925. The largest absolute Gasteiger partial charge is 0.493 e. The minimum Gasteiger partial charge on any atom is -0.493 e. The van der Waals surface area contributed by atoms with Gasteiger partial charge in [0.05, 0.1) is 23.9 Å². The van der Waals surface area contributed by atoms with Gasteiger partial charge >= 0.3 is 0 Å². The molecule has 5 heteroatoms. The zero-order valence-electron chi connectivity index (χ0n) is 18.2. The number of ether oxygens (including phenoxy) is 1. The second-order valence-electron chi connectivity index (χ2n) is 8.16. The standard InChI is InChI=1S/C24H31N3O2/c1-15(2)16(3)13-19-17(4)25-14-20(23(19)27(5)6)24(28)26-21-11-12-29-22-10-8-7-9-18(21)22/h7-10,13-15,21H,11-12H2,1-6H3,(H,26,28)/b16-13-. The fourth-order valence-electron chi connectivity index (χ4n) is 3.55. The molecule has 3 rings (SSSR count). The molecule has 1 aromatic carbocycles. The number of hydrogen-bond acceptors (Lipinski definition) is 4. The third-order valence-corrected chi connectivity index (χ3v) is 5.53. The third kappa shape index (κ3) is 4.44. The summed E-state index contributed by atoms with van der Waals surface area (Å²) in [5.74, 6) is 1.16. The quantitative estimate of drug-likeness (QED) is 0.795. The van der Waals surface area contributed by atoms with E-state index in [0.29, 0.717) is 18.1 Å². The summed E-state index contributed by atoms with van der Waals surface area (Å²) in [5.41, 5.74) is 5.69. The Hall–Kier alpha value is -2.82. The number of pyridine rings is 1. The number of rotatable bonds is 5. The molecule has 0 radical (unpaired) electrons. The first-order valence-electron chi connectivity index (χ1n) is 10.2. The smallest absolute Gasteiger partial charge is 0.255 e. The van der Waals surface area contributed by atoms with Gasteiger partial charge in [-0.15, -0.1) is 0 Å². The monoisotopic (exact) mass is 393 g/mol. The maximum absolute atomic E-state index is 13.3. The molecule has 1 atom stereocenters. The Bertz CT molecular complexity index is 932. The number of allylic oxidation sites excluding steroid dienone is 1. The number of amides is 1. The van der Waals surface area contributed by atoms with Crippen molar-refractivity contribution in [2.45, 2.75) is 40.2 Å².